The number of carbonyl (C=O) groups excluding carboxylic acids is 2. The van der Waals surface area contributed by atoms with Gasteiger partial charge < -0.3 is 9.47 Å². The number of carbonyl (C=O) groups is 2. The van der Waals surface area contributed by atoms with Gasteiger partial charge in [-0.3, -0.25) is 9.59 Å². The van der Waals surface area contributed by atoms with Crippen LogP contribution in [0.3, 0.4) is 0 Å². The topological polar surface area (TPSA) is 52.6 Å². The van der Waals surface area contributed by atoms with Gasteiger partial charge in [0, 0.05) is 13.8 Å². The minimum Gasteiger partial charge on any atom is -0.466 e. The van der Waals surface area contributed by atoms with Crippen molar-refractivity contribution in [2.45, 2.75) is 92.1 Å². The van der Waals surface area contributed by atoms with Crippen LogP contribution in [0.2, 0.25) is 0 Å². The molecule has 3 saturated carbocycles. The molecule has 4 aliphatic rings. The van der Waals surface area contributed by atoms with Crippen molar-refractivity contribution in [1.29, 1.82) is 0 Å². The van der Waals surface area contributed by atoms with Gasteiger partial charge in [-0.1, -0.05) is 26.3 Å². The van der Waals surface area contributed by atoms with Crippen molar-refractivity contribution in [2.75, 3.05) is 6.61 Å². The normalized spacial score (nSPS) is 43.5. The van der Waals surface area contributed by atoms with Gasteiger partial charge in [-0.15, -0.1) is 0 Å². The molecule has 4 rings (SSSR count). The zero-order valence-corrected chi connectivity index (χ0v) is 19.5. The first kappa shape index (κ1) is 21.9. The molecule has 0 spiro atoms. The highest BCUT2D eigenvalue weighted by atomic mass is 16.5. The zero-order chi connectivity index (χ0) is 21.7. The molecule has 3 fully saturated rings. The summed E-state index contributed by atoms with van der Waals surface area (Å²) in [4.78, 5) is 22.7. The quantitative estimate of drug-likeness (QED) is 0.436. The molecule has 0 amide bonds. The average molecular weight is 417 g/mol. The van der Waals surface area contributed by atoms with Crippen molar-refractivity contribution in [3.63, 3.8) is 0 Å². The molecule has 0 aromatic rings. The molecule has 30 heavy (non-hydrogen) atoms. The number of esters is 2. The van der Waals surface area contributed by atoms with E-state index in [1.54, 1.807) is 5.57 Å². The van der Waals surface area contributed by atoms with Crippen LogP contribution in [0.25, 0.3) is 0 Å². The van der Waals surface area contributed by atoms with Crippen molar-refractivity contribution >= 4 is 11.9 Å². The van der Waals surface area contributed by atoms with Gasteiger partial charge >= 0.3 is 11.9 Å². The van der Waals surface area contributed by atoms with Gasteiger partial charge in [0.15, 0.2) is 0 Å². The van der Waals surface area contributed by atoms with E-state index < -0.39 is 0 Å². The number of hydrogen-bond acceptors (Lipinski definition) is 4. The molecule has 0 bridgehead atoms. The third kappa shape index (κ3) is 3.62. The van der Waals surface area contributed by atoms with E-state index in [9.17, 15) is 9.59 Å². The molecule has 0 heterocycles. The van der Waals surface area contributed by atoms with E-state index in [0.29, 0.717) is 23.9 Å². The summed E-state index contributed by atoms with van der Waals surface area (Å²) < 4.78 is 10.9. The predicted octanol–water partition coefficient (Wildman–Crippen LogP) is 5.70. The maximum atomic E-state index is 11.4. The van der Waals surface area contributed by atoms with Gasteiger partial charge in [-0.25, -0.2) is 0 Å². The van der Waals surface area contributed by atoms with Gasteiger partial charge in [0.2, 0.25) is 0 Å². The summed E-state index contributed by atoms with van der Waals surface area (Å²) in [6, 6.07) is 0. The van der Waals surface area contributed by atoms with E-state index in [2.05, 4.69) is 26.8 Å². The fourth-order valence-electron chi connectivity index (χ4n) is 8.34. The predicted molar refractivity (Wildman–Crippen MR) is 117 cm³/mol. The standard InChI is InChI=1S/C26H40O4/c1-16(15-29-17(2)27)22-8-9-23-21-7-6-19-14-20(30-18(3)28)10-12-25(19,4)24(21)11-13-26(22,23)5/h14,16,20-24H,6-13,15H2,1-5H3/t16-,20+,21+,22-,23+,24+,25+,26-/m1/s1. The summed E-state index contributed by atoms with van der Waals surface area (Å²) in [5.74, 6) is 3.14. The Hall–Kier alpha value is -1.32. The molecule has 0 saturated heterocycles. The Kier molecular flexibility index (Phi) is 5.83. The Balaban J connectivity index is 1.51. The first-order valence-electron chi connectivity index (χ1n) is 12.2. The SMILES string of the molecule is CC(=O)OC[C@@H](C)[C@H]1CC[C@H]2[C@@H]3CCC4=C[C@@H](OC(C)=O)CC[C@]4(C)[C@H]3CC[C@]12C. The summed E-state index contributed by atoms with van der Waals surface area (Å²) in [6.45, 7) is 10.9. The number of allylic oxidation sites excluding steroid dienone is 1. The van der Waals surface area contributed by atoms with Gasteiger partial charge in [-0.2, -0.15) is 0 Å². The van der Waals surface area contributed by atoms with E-state index in [-0.39, 0.29) is 23.5 Å². The molecule has 4 aliphatic carbocycles. The summed E-state index contributed by atoms with van der Waals surface area (Å²) >= 11 is 0. The van der Waals surface area contributed by atoms with Crippen LogP contribution >= 0.6 is 0 Å². The fourth-order valence-corrected chi connectivity index (χ4v) is 8.34. The Morgan fingerprint density at radius 1 is 1.03 bits per heavy atom. The summed E-state index contributed by atoms with van der Waals surface area (Å²) in [5, 5.41) is 0. The molecule has 0 aromatic carbocycles. The Bertz CT molecular complexity index is 727. The summed E-state index contributed by atoms with van der Waals surface area (Å²) in [6.07, 6.45) is 12.0. The van der Waals surface area contributed by atoms with Crippen LogP contribution in [0.15, 0.2) is 11.6 Å². The molecule has 0 unspecified atom stereocenters. The molecule has 0 radical (unpaired) electrons. The molecule has 0 N–H and O–H groups in total. The van der Waals surface area contributed by atoms with Crippen LogP contribution in [0, 0.1) is 40.4 Å². The molecule has 4 nitrogen and oxygen atoms in total. The minimum atomic E-state index is -0.164. The first-order valence-corrected chi connectivity index (χ1v) is 12.2. The molecule has 8 atom stereocenters. The fraction of sp³-hybridized carbons (Fsp3) is 0.846. The number of ether oxygens (including phenoxy) is 2. The van der Waals surface area contributed by atoms with Crippen molar-refractivity contribution < 1.29 is 19.1 Å². The molecule has 0 aliphatic heterocycles. The maximum absolute atomic E-state index is 11.4. The van der Waals surface area contributed by atoms with E-state index in [1.165, 1.54) is 46.0 Å². The van der Waals surface area contributed by atoms with E-state index >= 15 is 0 Å². The van der Waals surface area contributed by atoms with Crippen LogP contribution in [0.1, 0.15) is 86.0 Å². The van der Waals surface area contributed by atoms with Crippen LogP contribution in [-0.2, 0) is 19.1 Å². The van der Waals surface area contributed by atoms with Gasteiger partial charge in [0.05, 0.1) is 6.61 Å². The van der Waals surface area contributed by atoms with Crippen LogP contribution in [0.5, 0.6) is 0 Å². The minimum absolute atomic E-state index is 0.0195. The highest BCUT2D eigenvalue weighted by molar-refractivity contribution is 5.66. The number of hydrogen-bond donors (Lipinski definition) is 0. The average Bonchev–Trinajstić information content (AvgIpc) is 3.03. The van der Waals surface area contributed by atoms with Crippen molar-refractivity contribution in [3.05, 3.63) is 11.6 Å². The number of rotatable bonds is 4. The Morgan fingerprint density at radius 3 is 2.50 bits per heavy atom. The van der Waals surface area contributed by atoms with E-state index in [4.69, 9.17) is 9.47 Å². The second-order valence-electron chi connectivity index (χ2n) is 11.2. The Morgan fingerprint density at radius 2 is 1.80 bits per heavy atom. The molecule has 4 heteroatoms. The zero-order valence-electron chi connectivity index (χ0n) is 19.5. The lowest BCUT2D eigenvalue weighted by Gasteiger charge is -2.59. The second-order valence-corrected chi connectivity index (χ2v) is 11.2. The Labute approximate surface area is 182 Å². The third-order valence-corrected chi connectivity index (χ3v) is 9.70. The number of fused-ring (bicyclic) bond motifs is 5. The monoisotopic (exact) mass is 416 g/mol. The van der Waals surface area contributed by atoms with E-state index in [0.717, 1.165) is 37.0 Å². The third-order valence-electron chi connectivity index (χ3n) is 9.70. The lowest BCUT2D eigenvalue weighted by molar-refractivity contribution is -0.145. The smallest absolute Gasteiger partial charge is 0.303 e. The summed E-state index contributed by atoms with van der Waals surface area (Å²) in [7, 11) is 0. The first-order chi connectivity index (χ1) is 14.1. The van der Waals surface area contributed by atoms with Crippen molar-refractivity contribution in [2.24, 2.45) is 40.4 Å². The van der Waals surface area contributed by atoms with Crippen molar-refractivity contribution in [3.8, 4) is 0 Å². The van der Waals surface area contributed by atoms with E-state index in [1.807, 2.05) is 0 Å². The molecule has 168 valence electrons. The van der Waals surface area contributed by atoms with Gasteiger partial charge in [0.25, 0.3) is 0 Å². The highest BCUT2D eigenvalue weighted by Gasteiger charge is 2.59. The second kappa shape index (κ2) is 7.98. The van der Waals surface area contributed by atoms with Crippen LogP contribution in [0.4, 0.5) is 0 Å². The lowest BCUT2D eigenvalue weighted by Crippen LogP contribution is -2.51. The van der Waals surface area contributed by atoms with Crippen molar-refractivity contribution in [1.82, 2.24) is 0 Å². The lowest BCUT2D eigenvalue weighted by atomic mass is 9.46. The summed E-state index contributed by atoms with van der Waals surface area (Å²) in [5.41, 5.74) is 2.22. The molecular formula is C26H40O4. The molecular weight excluding hydrogens is 376 g/mol. The largest absolute Gasteiger partial charge is 0.466 e. The maximum Gasteiger partial charge on any atom is 0.303 e. The van der Waals surface area contributed by atoms with Gasteiger partial charge in [0.1, 0.15) is 6.10 Å². The highest BCUT2D eigenvalue weighted by Crippen LogP contribution is 2.67. The van der Waals surface area contributed by atoms with Gasteiger partial charge in [-0.05, 0) is 97.9 Å². The van der Waals surface area contributed by atoms with Crippen LogP contribution in [-0.4, -0.2) is 24.6 Å². The molecule has 0 aromatic heterocycles. The van der Waals surface area contributed by atoms with Crippen LogP contribution < -0.4 is 0 Å².